The first kappa shape index (κ1) is 15.0. The number of hydrogen-bond donors (Lipinski definition) is 3. The molecule has 1 fully saturated rings. The highest BCUT2D eigenvalue weighted by molar-refractivity contribution is 5.96. The van der Waals surface area contributed by atoms with Crippen LogP contribution in [0.1, 0.15) is 31.2 Å². The maximum absolute atomic E-state index is 11.7. The highest BCUT2D eigenvalue weighted by atomic mass is 16.4. The average Bonchev–Trinajstić information content (AvgIpc) is 3.24. The van der Waals surface area contributed by atoms with Gasteiger partial charge in [-0.1, -0.05) is 6.07 Å². The van der Waals surface area contributed by atoms with Gasteiger partial charge in [-0.2, -0.15) is 0 Å². The molecule has 6 nitrogen and oxygen atoms in total. The number of hydrogen-bond acceptors (Lipinski definition) is 3. The number of carboxylic acid groups (broad SMARTS) is 1. The number of amides is 2. The van der Waals surface area contributed by atoms with Crippen molar-refractivity contribution in [2.75, 3.05) is 10.6 Å². The van der Waals surface area contributed by atoms with E-state index in [0.717, 1.165) is 18.4 Å². The van der Waals surface area contributed by atoms with Crippen molar-refractivity contribution >= 4 is 29.2 Å². The van der Waals surface area contributed by atoms with Gasteiger partial charge >= 0.3 is 5.97 Å². The van der Waals surface area contributed by atoms with Crippen LogP contribution in [0.25, 0.3) is 0 Å². The third-order valence-corrected chi connectivity index (χ3v) is 3.29. The highest BCUT2D eigenvalue weighted by Gasteiger charge is 2.29. The second kappa shape index (κ2) is 6.39. The SMILES string of the molecule is Cc1ccc(NC(=O)C2CC2)cc1NC(=O)CCC(=O)O. The van der Waals surface area contributed by atoms with Crippen LogP contribution < -0.4 is 10.6 Å². The number of benzene rings is 1. The summed E-state index contributed by atoms with van der Waals surface area (Å²) < 4.78 is 0. The molecule has 0 saturated heterocycles. The molecule has 21 heavy (non-hydrogen) atoms. The highest BCUT2D eigenvalue weighted by Crippen LogP contribution is 2.30. The molecule has 1 aliphatic rings. The fourth-order valence-corrected chi connectivity index (χ4v) is 1.86. The molecule has 0 atom stereocenters. The number of carbonyl (C=O) groups is 3. The van der Waals surface area contributed by atoms with E-state index in [-0.39, 0.29) is 30.6 Å². The number of anilines is 2. The lowest BCUT2D eigenvalue weighted by Gasteiger charge is -2.11. The zero-order valence-corrected chi connectivity index (χ0v) is 11.8. The van der Waals surface area contributed by atoms with E-state index in [0.29, 0.717) is 11.4 Å². The molecule has 1 aromatic carbocycles. The first-order valence-electron chi connectivity index (χ1n) is 6.89. The van der Waals surface area contributed by atoms with Crippen molar-refractivity contribution in [3.8, 4) is 0 Å². The van der Waals surface area contributed by atoms with E-state index in [4.69, 9.17) is 5.11 Å². The Bertz CT molecular complexity index is 579. The number of rotatable bonds is 6. The lowest BCUT2D eigenvalue weighted by Crippen LogP contribution is -2.16. The number of aryl methyl sites for hydroxylation is 1. The standard InChI is InChI=1S/C15H18N2O4/c1-9-2-5-11(16-15(21)10-3-4-10)8-12(9)17-13(18)6-7-14(19)20/h2,5,8,10H,3-4,6-7H2,1H3,(H,16,21)(H,17,18)(H,19,20). The molecule has 0 unspecified atom stereocenters. The Morgan fingerprint density at radius 3 is 2.52 bits per heavy atom. The van der Waals surface area contributed by atoms with Crippen LogP contribution in [0.5, 0.6) is 0 Å². The van der Waals surface area contributed by atoms with E-state index in [1.165, 1.54) is 0 Å². The van der Waals surface area contributed by atoms with Crippen molar-refractivity contribution in [2.45, 2.75) is 32.6 Å². The summed E-state index contributed by atoms with van der Waals surface area (Å²) in [7, 11) is 0. The molecule has 3 N–H and O–H groups in total. The lowest BCUT2D eigenvalue weighted by atomic mass is 10.1. The summed E-state index contributed by atoms with van der Waals surface area (Å²) >= 11 is 0. The van der Waals surface area contributed by atoms with Crippen molar-refractivity contribution in [3.05, 3.63) is 23.8 Å². The Hall–Kier alpha value is -2.37. The minimum Gasteiger partial charge on any atom is -0.481 e. The average molecular weight is 290 g/mol. The predicted octanol–water partition coefficient (Wildman–Crippen LogP) is 2.15. The number of carbonyl (C=O) groups excluding carboxylic acids is 2. The molecule has 2 amide bonds. The van der Waals surface area contributed by atoms with Crippen molar-refractivity contribution < 1.29 is 19.5 Å². The van der Waals surface area contributed by atoms with E-state index in [2.05, 4.69) is 10.6 Å². The maximum Gasteiger partial charge on any atom is 0.303 e. The molecular formula is C15H18N2O4. The second-order valence-corrected chi connectivity index (χ2v) is 5.24. The van der Waals surface area contributed by atoms with Crippen LogP contribution in [0.3, 0.4) is 0 Å². The van der Waals surface area contributed by atoms with Gasteiger partial charge in [-0.25, -0.2) is 0 Å². The molecule has 1 aromatic rings. The smallest absolute Gasteiger partial charge is 0.303 e. The zero-order valence-electron chi connectivity index (χ0n) is 11.8. The van der Waals surface area contributed by atoms with E-state index < -0.39 is 5.97 Å². The Morgan fingerprint density at radius 1 is 1.19 bits per heavy atom. The summed E-state index contributed by atoms with van der Waals surface area (Å²) in [4.78, 5) is 33.8. The topological polar surface area (TPSA) is 95.5 Å². The van der Waals surface area contributed by atoms with Gasteiger partial charge in [0.15, 0.2) is 0 Å². The van der Waals surface area contributed by atoms with E-state index >= 15 is 0 Å². The largest absolute Gasteiger partial charge is 0.481 e. The molecule has 1 aliphatic carbocycles. The van der Waals surface area contributed by atoms with Crippen molar-refractivity contribution in [1.82, 2.24) is 0 Å². The lowest BCUT2D eigenvalue weighted by molar-refractivity contribution is -0.138. The maximum atomic E-state index is 11.7. The quantitative estimate of drug-likeness (QED) is 0.748. The molecule has 0 aromatic heterocycles. The number of aliphatic carboxylic acids is 1. The van der Waals surface area contributed by atoms with Crippen LogP contribution in [0.2, 0.25) is 0 Å². The summed E-state index contributed by atoms with van der Waals surface area (Å²) in [5, 5.41) is 14.0. The first-order valence-corrected chi connectivity index (χ1v) is 6.89. The van der Waals surface area contributed by atoms with Gasteiger partial charge in [0.1, 0.15) is 0 Å². The fraction of sp³-hybridized carbons (Fsp3) is 0.400. The summed E-state index contributed by atoms with van der Waals surface area (Å²) in [5.41, 5.74) is 2.06. The van der Waals surface area contributed by atoms with Crippen LogP contribution in [0, 0.1) is 12.8 Å². The summed E-state index contributed by atoms with van der Waals surface area (Å²) in [6.45, 7) is 1.83. The monoisotopic (exact) mass is 290 g/mol. The molecule has 0 radical (unpaired) electrons. The van der Waals surface area contributed by atoms with Crippen LogP contribution in [0.4, 0.5) is 11.4 Å². The van der Waals surface area contributed by atoms with Gasteiger partial charge in [-0.15, -0.1) is 0 Å². The van der Waals surface area contributed by atoms with Gasteiger partial charge < -0.3 is 15.7 Å². The van der Waals surface area contributed by atoms with Crippen molar-refractivity contribution in [2.24, 2.45) is 5.92 Å². The van der Waals surface area contributed by atoms with E-state index in [1.807, 2.05) is 6.92 Å². The van der Waals surface area contributed by atoms with Crippen molar-refractivity contribution in [3.63, 3.8) is 0 Å². The first-order chi connectivity index (χ1) is 9.95. The van der Waals surface area contributed by atoms with Gasteiger partial charge in [0.05, 0.1) is 6.42 Å². The second-order valence-electron chi connectivity index (χ2n) is 5.24. The number of carboxylic acids is 1. The Balaban J connectivity index is 1.99. The molecule has 6 heteroatoms. The van der Waals surface area contributed by atoms with Gasteiger partial charge in [0.2, 0.25) is 11.8 Å². The van der Waals surface area contributed by atoms with Gasteiger partial charge in [0.25, 0.3) is 0 Å². The molecule has 112 valence electrons. The van der Waals surface area contributed by atoms with Crippen LogP contribution in [-0.2, 0) is 14.4 Å². The van der Waals surface area contributed by atoms with Gasteiger partial charge in [0, 0.05) is 23.7 Å². The van der Waals surface area contributed by atoms with E-state index in [1.54, 1.807) is 18.2 Å². The van der Waals surface area contributed by atoms with E-state index in [9.17, 15) is 14.4 Å². The van der Waals surface area contributed by atoms with Crippen molar-refractivity contribution in [1.29, 1.82) is 0 Å². The summed E-state index contributed by atoms with van der Waals surface area (Å²) in [5.74, 6) is -1.25. The fourth-order valence-electron chi connectivity index (χ4n) is 1.86. The molecule has 2 rings (SSSR count). The summed E-state index contributed by atoms with van der Waals surface area (Å²) in [6, 6.07) is 5.27. The van der Waals surface area contributed by atoms with Crippen LogP contribution >= 0.6 is 0 Å². The molecule has 0 spiro atoms. The number of nitrogens with one attached hydrogen (secondary N) is 2. The third-order valence-electron chi connectivity index (χ3n) is 3.29. The van der Waals surface area contributed by atoms with Gasteiger partial charge in [-0.05, 0) is 37.5 Å². The molecule has 1 saturated carbocycles. The Morgan fingerprint density at radius 2 is 1.90 bits per heavy atom. The minimum absolute atomic E-state index is 0.00186. The normalized spacial score (nSPS) is 13.6. The Labute approximate surface area is 122 Å². The Kier molecular flexibility index (Phi) is 4.57. The minimum atomic E-state index is -1.01. The molecule has 0 heterocycles. The predicted molar refractivity (Wildman–Crippen MR) is 78.0 cm³/mol. The molecule has 0 aliphatic heterocycles. The summed E-state index contributed by atoms with van der Waals surface area (Å²) in [6.07, 6.45) is 1.57. The van der Waals surface area contributed by atoms with Crippen LogP contribution in [0.15, 0.2) is 18.2 Å². The van der Waals surface area contributed by atoms with Gasteiger partial charge in [-0.3, -0.25) is 14.4 Å². The molecule has 0 bridgehead atoms. The zero-order chi connectivity index (χ0) is 15.4. The third kappa shape index (κ3) is 4.59. The van der Waals surface area contributed by atoms with Crippen LogP contribution in [-0.4, -0.2) is 22.9 Å². The molecular weight excluding hydrogens is 272 g/mol.